The largest absolute Gasteiger partial charge is 0.351 e. The van der Waals surface area contributed by atoms with Gasteiger partial charge in [-0.05, 0) is 48.8 Å². The first-order valence-electron chi connectivity index (χ1n) is 9.41. The Morgan fingerprint density at radius 2 is 1.83 bits per heavy atom. The summed E-state index contributed by atoms with van der Waals surface area (Å²) in [5, 5.41) is 6.28. The van der Waals surface area contributed by atoms with Crippen LogP contribution in [-0.2, 0) is 17.9 Å². The van der Waals surface area contributed by atoms with Gasteiger partial charge in [0.1, 0.15) is 0 Å². The molecule has 2 fully saturated rings. The zero-order chi connectivity index (χ0) is 16.9. The van der Waals surface area contributed by atoms with E-state index in [2.05, 4.69) is 53.6 Å². The van der Waals surface area contributed by atoms with Gasteiger partial charge in [-0.25, -0.2) is 0 Å². The van der Waals surface area contributed by atoms with Gasteiger partial charge in [-0.15, -0.1) is 0 Å². The molecule has 0 aliphatic carbocycles. The van der Waals surface area contributed by atoms with Crippen LogP contribution in [0.4, 0.5) is 0 Å². The molecule has 0 bridgehead atoms. The highest BCUT2D eigenvalue weighted by Gasteiger charge is 2.22. The molecule has 0 aromatic heterocycles. The zero-order valence-corrected chi connectivity index (χ0v) is 15.1. The minimum atomic E-state index is 0.00681. The average molecular weight is 329 g/mol. The number of likely N-dealkylation sites (tertiary alicyclic amines) is 1. The van der Waals surface area contributed by atoms with E-state index in [9.17, 15) is 4.79 Å². The lowest BCUT2D eigenvalue weighted by molar-refractivity contribution is -0.122. The first kappa shape index (κ1) is 17.4. The van der Waals surface area contributed by atoms with E-state index in [-0.39, 0.29) is 11.9 Å². The van der Waals surface area contributed by atoms with Gasteiger partial charge in [0.05, 0.1) is 6.04 Å². The lowest BCUT2D eigenvalue weighted by Gasteiger charge is -2.35. The number of piperidine rings is 1. The van der Waals surface area contributed by atoms with Gasteiger partial charge in [-0.3, -0.25) is 9.69 Å². The van der Waals surface area contributed by atoms with Crippen molar-refractivity contribution in [2.75, 3.05) is 19.6 Å². The van der Waals surface area contributed by atoms with Crippen LogP contribution < -0.4 is 10.6 Å². The number of amides is 1. The summed E-state index contributed by atoms with van der Waals surface area (Å²) in [4.78, 5) is 14.6. The fraction of sp³-hybridized carbons (Fsp3) is 0.650. The molecule has 2 N–H and O–H groups in total. The van der Waals surface area contributed by atoms with Gasteiger partial charge < -0.3 is 10.6 Å². The molecule has 2 heterocycles. The van der Waals surface area contributed by atoms with Crippen molar-refractivity contribution < 1.29 is 4.79 Å². The highest BCUT2D eigenvalue weighted by atomic mass is 16.2. The minimum Gasteiger partial charge on any atom is -0.351 e. The molecule has 132 valence electrons. The van der Waals surface area contributed by atoms with E-state index < -0.39 is 0 Å². The second-order valence-corrected chi connectivity index (χ2v) is 7.82. The third-order valence-corrected chi connectivity index (χ3v) is 5.22. The molecule has 1 amide bonds. The van der Waals surface area contributed by atoms with Crippen molar-refractivity contribution in [3.05, 3.63) is 35.4 Å². The van der Waals surface area contributed by atoms with E-state index in [0.717, 1.165) is 37.8 Å². The number of hydrogen-bond donors (Lipinski definition) is 2. The summed E-state index contributed by atoms with van der Waals surface area (Å²) in [5.41, 5.74) is 2.54. The third-order valence-electron chi connectivity index (χ3n) is 5.22. The molecule has 2 aliphatic rings. The second-order valence-electron chi connectivity index (χ2n) is 7.82. The molecule has 4 heteroatoms. The number of nitrogens with zero attached hydrogens (tertiary/aromatic N) is 1. The Labute approximate surface area is 146 Å². The van der Waals surface area contributed by atoms with Crippen molar-refractivity contribution in [1.29, 1.82) is 0 Å². The Morgan fingerprint density at radius 3 is 2.46 bits per heavy atom. The first-order chi connectivity index (χ1) is 11.6. The van der Waals surface area contributed by atoms with E-state index in [1.54, 1.807) is 0 Å². The molecule has 4 nitrogen and oxygen atoms in total. The number of carbonyl (C=O) groups is 1. The summed E-state index contributed by atoms with van der Waals surface area (Å²) in [6, 6.07) is 8.72. The summed E-state index contributed by atoms with van der Waals surface area (Å²) in [5.74, 6) is 1.73. The molecule has 2 aliphatic heterocycles. The third kappa shape index (κ3) is 4.81. The molecule has 24 heavy (non-hydrogen) atoms. The van der Waals surface area contributed by atoms with Gasteiger partial charge >= 0.3 is 0 Å². The maximum absolute atomic E-state index is 12.0. The quantitative estimate of drug-likeness (QED) is 0.872. The van der Waals surface area contributed by atoms with Crippen molar-refractivity contribution in [2.24, 2.45) is 11.8 Å². The Hall–Kier alpha value is -1.39. The molecule has 3 unspecified atom stereocenters. The fourth-order valence-corrected chi connectivity index (χ4v) is 4.16. The van der Waals surface area contributed by atoms with Crippen LogP contribution in [0.3, 0.4) is 0 Å². The van der Waals surface area contributed by atoms with E-state index in [1.807, 2.05) is 0 Å². The zero-order valence-electron chi connectivity index (χ0n) is 15.1. The fourth-order valence-electron chi connectivity index (χ4n) is 4.16. The Bertz CT molecular complexity index is 526. The van der Waals surface area contributed by atoms with Crippen LogP contribution in [0.2, 0.25) is 0 Å². The molecule has 1 aromatic carbocycles. The number of hydrogen-bond acceptors (Lipinski definition) is 3. The summed E-state index contributed by atoms with van der Waals surface area (Å²) >= 11 is 0. The second kappa shape index (κ2) is 8.13. The van der Waals surface area contributed by atoms with Crippen LogP contribution in [0.15, 0.2) is 24.3 Å². The predicted molar refractivity (Wildman–Crippen MR) is 97.5 cm³/mol. The average Bonchev–Trinajstić information content (AvgIpc) is 3.07. The summed E-state index contributed by atoms with van der Waals surface area (Å²) in [6.45, 7) is 9.73. The summed E-state index contributed by atoms with van der Waals surface area (Å²) < 4.78 is 0. The number of nitrogens with one attached hydrogen (secondary N) is 2. The summed E-state index contributed by atoms with van der Waals surface area (Å²) in [6.07, 6.45) is 3.41. The monoisotopic (exact) mass is 329 g/mol. The normalized spacial score (nSPS) is 28.0. The first-order valence-corrected chi connectivity index (χ1v) is 9.41. The van der Waals surface area contributed by atoms with Gasteiger partial charge in [0.2, 0.25) is 5.91 Å². The van der Waals surface area contributed by atoms with Crippen molar-refractivity contribution in [1.82, 2.24) is 15.5 Å². The standard InChI is InChI=1S/C20H31N3O/c1-15-10-16(2)13-23(12-15)14-18-7-5-17(6-8-18)11-22-20(24)19-4-3-9-21-19/h5-8,15-16,19,21H,3-4,9-14H2,1-2H3,(H,22,24). The summed E-state index contributed by atoms with van der Waals surface area (Å²) in [7, 11) is 0. The van der Waals surface area contributed by atoms with Gasteiger partial charge in [0.15, 0.2) is 0 Å². The van der Waals surface area contributed by atoms with Crippen LogP contribution in [0.5, 0.6) is 0 Å². The SMILES string of the molecule is CC1CC(C)CN(Cc2ccc(CNC(=O)C3CCCN3)cc2)C1. The number of benzene rings is 1. The van der Waals surface area contributed by atoms with Gasteiger partial charge in [0.25, 0.3) is 0 Å². The number of carbonyl (C=O) groups excluding carboxylic acids is 1. The molecular formula is C20H31N3O. The van der Waals surface area contributed by atoms with Crippen LogP contribution in [0.25, 0.3) is 0 Å². The van der Waals surface area contributed by atoms with E-state index >= 15 is 0 Å². The van der Waals surface area contributed by atoms with Crippen LogP contribution in [-0.4, -0.2) is 36.5 Å². The highest BCUT2D eigenvalue weighted by molar-refractivity contribution is 5.81. The minimum absolute atomic E-state index is 0.00681. The topological polar surface area (TPSA) is 44.4 Å². The maximum Gasteiger partial charge on any atom is 0.237 e. The molecule has 3 atom stereocenters. The molecule has 0 spiro atoms. The Kier molecular flexibility index (Phi) is 5.90. The van der Waals surface area contributed by atoms with Gasteiger partial charge in [0, 0.05) is 26.2 Å². The van der Waals surface area contributed by atoms with Crippen molar-refractivity contribution >= 4 is 5.91 Å². The lowest BCUT2D eigenvalue weighted by Crippen LogP contribution is -2.40. The van der Waals surface area contributed by atoms with Crippen LogP contribution in [0, 0.1) is 11.8 Å². The van der Waals surface area contributed by atoms with Crippen LogP contribution >= 0.6 is 0 Å². The van der Waals surface area contributed by atoms with E-state index in [0.29, 0.717) is 6.54 Å². The molecule has 2 saturated heterocycles. The smallest absolute Gasteiger partial charge is 0.237 e. The molecule has 0 radical (unpaired) electrons. The molecule has 0 saturated carbocycles. The van der Waals surface area contributed by atoms with Gasteiger partial charge in [-0.2, -0.15) is 0 Å². The van der Waals surface area contributed by atoms with Crippen molar-refractivity contribution in [3.63, 3.8) is 0 Å². The van der Waals surface area contributed by atoms with E-state index in [1.165, 1.54) is 30.6 Å². The maximum atomic E-state index is 12.0. The predicted octanol–water partition coefficient (Wildman–Crippen LogP) is 2.53. The Morgan fingerprint density at radius 1 is 1.17 bits per heavy atom. The molecular weight excluding hydrogens is 298 g/mol. The Balaban J connectivity index is 1.47. The van der Waals surface area contributed by atoms with Crippen molar-refractivity contribution in [2.45, 2.75) is 52.2 Å². The van der Waals surface area contributed by atoms with Gasteiger partial charge in [-0.1, -0.05) is 38.1 Å². The van der Waals surface area contributed by atoms with Crippen molar-refractivity contribution in [3.8, 4) is 0 Å². The highest BCUT2D eigenvalue weighted by Crippen LogP contribution is 2.22. The van der Waals surface area contributed by atoms with Crippen LogP contribution in [0.1, 0.15) is 44.2 Å². The molecule has 1 aromatic rings. The van der Waals surface area contributed by atoms with E-state index in [4.69, 9.17) is 0 Å². The number of rotatable bonds is 5. The molecule has 3 rings (SSSR count). The lowest BCUT2D eigenvalue weighted by atomic mass is 9.91.